The Hall–Kier alpha value is -3.71. The van der Waals surface area contributed by atoms with Crippen molar-refractivity contribution >= 4 is 44.4 Å². The van der Waals surface area contributed by atoms with E-state index in [1.807, 2.05) is 61.5 Å². The van der Waals surface area contributed by atoms with Crippen molar-refractivity contribution in [2.24, 2.45) is 0 Å². The third kappa shape index (κ3) is 2.91. The number of halogens is 1. The lowest BCUT2D eigenvalue weighted by Gasteiger charge is -2.34. The van der Waals surface area contributed by atoms with Gasteiger partial charge in [0.2, 0.25) is 5.76 Å². The minimum absolute atomic E-state index is 0.0674. The molecule has 0 saturated carbocycles. The molecule has 0 aliphatic carbocycles. The number of para-hydroxylation sites is 1. The predicted molar refractivity (Wildman–Crippen MR) is 136 cm³/mol. The Morgan fingerprint density at radius 1 is 0.943 bits per heavy atom. The molecule has 2 amide bonds. The Balaban J connectivity index is 1.71. The Labute approximate surface area is 209 Å². The van der Waals surface area contributed by atoms with Crippen LogP contribution in [0.1, 0.15) is 40.6 Å². The second-order valence-electron chi connectivity index (χ2n) is 8.84. The zero-order chi connectivity index (χ0) is 24.3. The Morgan fingerprint density at radius 3 is 2.46 bits per heavy atom. The highest BCUT2D eigenvalue weighted by molar-refractivity contribution is 9.10. The van der Waals surface area contributed by atoms with E-state index in [-0.39, 0.29) is 29.2 Å². The van der Waals surface area contributed by atoms with E-state index in [4.69, 9.17) is 4.42 Å². The second-order valence-corrected chi connectivity index (χ2v) is 9.75. The van der Waals surface area contributed by atoms with E-state index >= 15 is 0 Å². The van der Waals surface area contributed by atoms with E-state index in [0.29, 0.717) is 33.2 Å². The van der Waals surface area contributed by atoms with Crippen LogP contribution in [0.5, 0.6) is 0 Å². The summed E-state index contributed by atoms with van der Waals surface area (Å²) in [5.74, 6) is -0.834. The average Bonchev–Trinajstić information content (AvgIpc) is 3.26. The standard InChI is InChI=1S/C28H21BrN2O4/c1-2-14-30-21-11-7-6-10-20(21)28(27(30)34)23-24(32)19-15-18(29)12-13-22(19)35-25(23)26(33)31(28)16-17-8-4-3-5-9-17/h3-13,15H,2,14,16H2,1H3. The minimum Gasteiger partial charge on any atom is -0.450 e. The van der Waals surface area contributed by atoms with Crippen LogP contribution in [-0.2, 0) is 16.9 Å². The summed E-state index contributed by atoms with van der Waals surface area (Å²) in [6, 6.07) is 22.0. The summed E-state index contributed by atoms with van der Waals surface area (Å²) in [5.41, 5.74) is 0.645. The molecule has 1 unspecified atom stereocenters. The fourth-order valence-corrected chi connectivity index (χ4v) is 5.76. The van der Waals surface area contributed by atoms with Crippen molar-refractivity contribution in [2.45, 2.75) is 25.4 Å². The van der Waals surface area contributed by atoms with Crippen LogP contribution < -0.4 is 10.3 Å². The maximum atomic E-state index is 14.4. The molecule has 1 spiro atoms. The molecule has 0 radical (unpaired) electrons. The lowest BCUT2D eigenvalue weighted by molar-refractivity contribution is -0.126. The molecular formula is C28H21BrN2O4. The normalized spacial score (nSPS) is 18.6. The average molecular weight is 529 g/mol. The first-order valence-electron chi connectivity index (χ1n) is 11.5. The van der Waals surface area contributed by atoms with Crippen molar-refractivity contribution in [2.75, 3.05) is 11.4 Å². The maximum absolute atomic E-state index is 14.4. The molecule has 0 N–H and O–H groups in total. The number of carbonyl (C=O) groups is 2. The van der Waals surface area contributed by atoms with Gasteiger partial charge in [0.05, 0.1) is 16.6 Å². The third-order valence-corrected chi connectivity index (χ3v) is 7.32. The molecular weight excluding hydrogens is 508 g/mol. The van der Waals surface area contributed by atoms with Crippen molar-refractivity contribution in [3.8, 4) is 0 Å². The molecule has 2 aliphatic heterocycles. The van der Waals surface area contributed by atoms with Gasteiger partial charge < -0.3 is 14.2 Å². The van der Waals surface area contributed by atoms with E-state index in [2.05, 4.69) is 15.9 Å². The highest BCUT2D eigenvalue weighted by Crippen LogP contribution is 2.53. The summed E-state index contributed by atoms with van der Waals surface area (Å²) < 4.78 is 6.79. The van der Waals surface area contributed by atoms with Crippen LogP contribution in [-0.4, -0.2) is 23.3 Å². The number of hydrogen-bond donors (Lipinski definition) is 0. The van der Waals surface area contributed by atoms with Crippen molar-refractivity contribution in [1.82, 2.24) is 4.90 Å². The van der Waals surface area contributed by atoms with Gasteiger partial charge in [0.25, 0.3) is 11.8 Å². The summed E-state index contributed by atoms with van der Waals surface area (Å²) >= 11 is 3.42. The smallest absolute Gasteiger partial charge is 0.291 e. The van der Waals surface area contributed by atoms with Gasteiger partial charge >= 0.3 is 0 Å². The molecule has 7 heteroatoms. The van der Waals surface area contributed by atoms with E-state index in [1.54, 1.807) is 23.1 Å². The van der Waals surface area contributed by atoms with Crippen LogP contribution in [0.4, 0.5) is 5.69 Å². The van der Waals surface area contributed by atoms with E-state index in [1.165, 1.54) is 4.90 Å². The van der Waals surface area contributed by atoms with Gasteiger partial charge in [-0.3, -0.25) is 14.4 Å². The molecule has 6 nitrogen and oxygen atoms in total. The maximum Gasteiger partial charge on any atom is 0.291 e. The molecule has 0 bridgehead atoms. The van der Waals surface area contributed by atoms with Gasteiger partial charge in [-0.1, -0.05) is 71.4 Å². The van der Waals surface area contributed by atoms with Gasteiger partial charge in [-0.05, 0) is 36.2 Å². The number of nitrogens with zero attached hydrogens (tertiary/aromatic N) is 2. The molecule has 2 aliphatic rings. The molecule has 4 aromatic rings. The number of anilines is 1. The molecule has 0 saturated heterocycles. The van der Waals surface area contributed by atoms with Gasteiger partial charge in [0.15, 0.2) is 11.0 Å². The molecule has 3 heterocycles. The minimum atomic E-state index is -1.59. The zero-order valence-electron chi connectivity index (χ0n) is 19.0. The van der Waals surface area contributed by atoms with Crippen molar-refractivity contribution in [1.29, 1.82) is 0 Å². The van der Waals surface area contributed by atoms with E-state index in [9.17, 15) is 14.4 Å². The molecule has 1 atom stereocenters. The van der Waals surface area contributed by atoms with Crippen LogP contribution in [0.3, 0.4) is 0 Å². The predicted octanol–water partition coefficient (Wildman–Crippen LogP) is 5.21. The number of benzene rings is 3. The quantitative estimate of drug-likeness (QED) is 0.364. The Bertz CT molecular complexity index is 1580. The van der Waals surface area contributed by atoms with Gasteiger partial charge in [-0.25, -0.2) is 0 Å². The van der Waals surface area contributed by atoms with Gasteiger partial charge in [0.1, 0.15) is 5.58 Å². The number of rotatable bonds is 4. The SMILES string of the molecule is CCCN1C(=O)C2(c3ccccc31)c1c(oc3ccc(Br)cc3c1=O)C(=O)N2Cc1ccccc1. The van der Waals surface area contributed by atoms with Gasteiger partial charge in [0, 0.05) is 23.1 Å². The largest absolute Gasteiger partial charge is 0.450 e. The van der Waals surface area contributed by atoms with Gasteiger partial charge in [-0.2, -0.15) is 0 Å². The Morgan fingerprint density at radius 2 is 1.69 bits per heavy atom. The fourth-order valence-electron chi connectivity index (χ4n) is 5.40. The number of amides is 2. The van der Waals surface area contributed by atoms with Crippen molar-refractivity contribution in [3.05, 3.63) is 110 Å². The molecule has 6 rings (SSSR count). The molecule has 1 aromatic heterocycles. The van der Waals surface area contributed by atoms with Crippen LogP contribution in [0, 0.1) is 0 Å². The van der Waals surface area contributed by atoms with Crippen LogP contribution in [0.25, 0.3) is 11.0 Å². The van der Waals surface area contributed by atoms with E-state index < -0.39 is 11.4 Å². The highest BCUT2D eigenvalue weighted by atomic mass is 79.9. The number of fused-ring (bicyclic) bond motifs is 5. The zero-order valence-corrected chi connectivity index (χ0v) is 20.5. The molecule has 174 valence electrons. The monoisotopic (exact) mass is 528 g/mol. The number of hydrogen-bond acceptors (Lipinski definition) is 4. The van der Waals surface area contributed by atoms with E-state index in [0.717, 1.165) is 12.0 Å². The van der Waals surface area contributed by atoms with Crippen molar-refractivity contribution in [3.63, 3.8) is 0 Å². The summed E-state index contributed by atoms with van der Waals surface area (Å²) in [7, 11) is 0. The summed E-state index contributed by atoms with van der Waals surface area (Å²) in [6.07, 6.45) is 0.731. The highest BCUT2D eigenvalue weighted by Gasteiger charge is 2.64. The summed E-state index contributed by atoms with van der Waals surface area (Å²) in [5, 5.41) is 0.325. The topological polar surface area (TPSA) is 70.8 Å². The van der Waals surface area contributed by atoms with Crippen LogP contribution in [0.15, 0.2) is 86.5 Å². The first-order chi connectivity index (χ1) is 17.0. The third-order valence-electron chi connectivity index (χ3n) is 6.83. The molecule has 35 heavy (non-hydrogen) atoms. The second kappa shape index (κ2) is 7.92. The summed E-state index contributed by atoms with van der Waals surface area (Å²) in [4.78, 5) is 45.6. The molecule has 3 aromatic carbocycles. The van der Waals surface area contributed by atoms with Crippen molar-refractivity contribution < 1.29 is 14.0 Å². The lowest BCUT2D eigenvalue weighted by Crippen LogP contribution is -2.53. The molecule has 0 fully saturated rings. The first-order valence-corrected chi connectivity index (χ1v) is 12.3. The fraction of sp³-hybridized carbons (Fsp3) is 0.179. The summed E-state index contributed by atoms with van der Waals surface area (Å²) in [6.45, 7) is 2.63. The first kappa shape index (κ1) is 21.8. The van der Waals surface area contributed by atoms with Crippen LogP contribution in [0.2, 0.25) is 0 Å². The lowest BCUT2D eigenvalue weighted by atomic mass is 9.83. The Kier molecular flexibility index (Phi) is 4.93. The number of carbonyl (C=O) groups excluding carboxylic acids is 2. The van der Waals surface area contributed by atoms with Crippen LogP contribution >= 0.6 is 15.9 Å². The van der Waals surface area contributed by atoms with Gasteiger partial charge in [-0.15, -0.1) is 0 Å².